The van der Waals surface area contributed by atoms with E-state index >= 15 is 0 Å². The van der Waals surface area contributed by atoms with E-state index in [0.717, 1.165) is 18.3 Å². The molecule has 0 aromatic carbocycles. The van der Waals surface area contributed by atoms with E-state index in [9.17, 15) is 0 Å². The highest BCUT2D eigenvalue weighted by molar-refractivity contribution is 5.13. The smallest absolute Gasteiger partial charge is 0.0859 e. The van der Waals surface area contributed by atoms with Crippen LogP contribution in [0.2, 0.25) is 0 Å². The van der Waals surface area contributed by atoms with E-state index in [2.05, 4.69) is 10.3 Å². The third-order valence-electron chi connectivity index (χ3n) is 3.60. The van der Waals surface area contributed by atoms with Crippen LogP contribution in [-0.4, -0.2) is 15.0 Å². The van der Waals surface area contributed by atoms with Crippen molar-refractivity contribution in [1.29, 1.82) is 0 Å². The molecule has 1 saturated carbocycles. The van der Waals surface area contributed by atoms with Crippen molar-refractivity contribution < 1.29 is 0 Å². The summed E-state index contributed by atoms with van der Waals surface area (Å²) in [5, 5.41) is 8.31. The Balaban J connectivity index is 0.000000404. The molecule has 2 aliphatic rings. The fourth-order valence-corrected chi connectivity index (χ4v) is 2.58. The SMILES string of the molecule is CC.Cn1nnc2c1CCC1CC1CC2. The van der Waals surface area contributed by atoms with Crippen molar-refractivity contribution >= 4 is 0 Å². The predicted molar refractivity (Wildman–Crippen MR) is 60.6 cm³/mol. The van der Waals surface area contributed by atoms with Crippen LogP contribution in [0.4, 0.5) is 0 Å². The van der Waals surface area contributed by atoms with Gasteiger partial charge in [0.15, 0.2) is 0 Å². The molecule has 84 valence electrons. The average molecular weight is 207 g/mol. The quantitative estimate of drug-likeness (QED) is 0.654. The number of aryl methyl sites for hydroxylation is 2. The first-order valence-corrected chi connectivity index (χ1v) is 6.22. The Morgan fingerprint density at radius 3 is 2.53 bits per heavy atom. The molecule has 0 N–H and O–H groups in total. The highest BCUT2D eigenvalue weighted by Gasteiger charge is 2.37. The number of aromatic nitrogens is 3. The molecule has 0 aliphatic heterocycles. The van der Waals surface area contributed by atoms with Gasteiger partial charge in [-0.15, -0.1) is 5.10 Å². The van der Waals surface area contributed by atoms with Gasteiger partial charge in [0.1, 0.15) is 0 Å². The summed E-state index contributed by atoms with van der Waals surface area (Å²) < 4.78 is 1.96. The van der Waals surface area contributed by atoms with Crippen molar-refractivity contribution in [3.8, 4) is 0 Å². The molecule has 0 amide bonds. The van der Waals surface area contributed by atoms with Crippen molar-refractivity contribution in [2.24, 2.45) is 18.9 Å². The number of fused-ring (bicyclic) bond motifs is 2. The van der Waals surface area contributed by atoms with Gasteiger partial charge < -0.3 is 0 Å². The number of rotatable bonds is 0. The topological polar surface area (TPSA) is 30.7 Å². The van der Waals surface area contributed by atoms with Gasteiger partial charge in [-0.1, -0.05) is 19.1 Å². The molecule has 2 aliphatic carbocycles. The summed E-state index contributed by atoms with van der Waals surface area (Å²) in [6.45, 7) is 4.00. The molecular weight excluding hydrogens is 186 g/mol. The molecule has 0 saturated heterocycles. The number of nitrogens with zero attached hydrogens (tertiary/aromatic N) is 3. The van der Waals surface area contributed by atoms with Gasteiger partial charge in [-0.25, -0.2) is 0 Å². The van der Waals surface area contributed by atoms with Crippen LogP contribution < -0.4 is 0 Å². The third kappa shape index (κ3) is 2.06. The summed E-state index contributed by atoms with van der Waals surface area (Å²) in [7, 11) is 2.01. The second-order valence-electron chi connectivity index (χ2n) is 4.44. The molecule has 2 atom stereocenters. The van der Waals surface area contributed by atoms with Crippen LogP contribution in [0.3, 0.4) is 0 Å². The van der Waals surface area contributed by atoms with Crippen molar-refractivity contribution in [2.75, 3.05) is 0 Å². The maximum absolute atomic E-state index is 4.22. The maximum Gasteiger partial charge on any atom is 0.0859 e. The molecule has 3 nitrogen and oxygen atoms in total. The largest absolute Gasteiger partial charge is 0.252 e. The van der Waals surface area contributed by atoms with Crippen LogP contribution >= 0.6 is 0 Å². The van der Waals surface area contributed by atoms with Crippen LogP contribution in [0, 0.1) is 11.8 Å². The fourth-order valence-electron chi connectivity index (χ4n) is 2.58. The first-order valence-electron chi connectivity index (χ1n) is 6.22. The Labute approximate surface area is 91.9 Å². The summed E-state index contributed by atoms with van der Waals surface area (Å²) in [5.41, 5.74) is 2.64. The lowest BCUT2D eigenvalue weighted by molar-refractivity contribution is 0.566. The Morgan fingerprint density at radius 2 is 1.80 bits per heavy atom. The van der Waals surface area contributed by atoms with E-state index in [-0.39, 0.29) is 0 Å². The van der Waals surface area contributed by atoms with E-state index < -0.39 is 0 Å². The Bertz CT molecular complexity index is 330. The van der Waals surface area contributed by atoms with E-state index in [1.807, 2.05) is 25.6 Å². The van der Waals surface area contributed by atoms with Gasteiger partial charge in [0.25, 0.3) is 0 Å². The van der Waals surface area contributed by atoms with Gasteiger partial charge in [-0.2, -0.15) is 0 Å². The second kappa shape index (κ2) is 4.33. The van der Waals surface area contributed by atoms with Gasteiger partial charge in [0, 0.05) is 7.05 Å². The summed E-state index contributed by atoms with van der Waals surface area (Å²) in [5.74, 6) is 2.05. The molecule has 1 fully saturated rings. The van der Waals surface area contributed by atoms with Crippen LogP contribution in [0.25, 0.3) is 0 Å². The summed E-state index contributed by atoms with van der Waals surface area (Å²) >= 11 is 0. The van der Waals surface area contributed by atoms with Gasteiger partial charge in [0.05, 0.1) is 11.4 Å². The monoisotopic (exact) mass is 207 g/mol. The molecule has 0 spiro atoms. The summed E-state index contributed by atoms with van der Waals surface area (Å²) in [4.78, 5) is 0. The van der Waals surface area contributed by atoms with E-state index in [0.29, 0.717) is 0 Å². The Morgan fingerprint density at radius 1 is 1.13 bits per heavy atom. The molecule has 15 heavy (non-hydrogen) atoms. The van der Waals surface area contributed by atoms with Crippen LogP contribution in [0.15, 0.2) is 0 Å². The Hall–Kier alpha value is -0.860. The molecule has 3 heteroatoms. The highest BCUT2D eigenvalue weighted by atomic mass is 15.4. The second-order valence-corrected chi connectivity index (χ2v) is 4.44. The zero-order valence-electron chi connectivity index (χ0n) is 10.0. The van der Waals surface area contributed by atoms with Crippen molar-refractivity contribution in [2.45, 2.75) is 46.0 Å². The van der Waals surface area contributed by atoms with Gasteiger partial charge in [-0.05, 0) is 43.9 Å². The number of hydrogen-bond acceptors (Lipinski definition) is 2. The van der Waals surface area contributed by atoms with Crippen LogP contribution in [0.1, 0.15) is 44.5 Å². The molecule has 1 heterocycles. The molecule has 0 bridgehead atoms. The van der Waals surface area contributed by atoms with Crippen molar-refractivity contribution in [1.82, 2.24) is 15.0 Å². The summed E-state index contributed by atoms with van der Waals surface area (Å²) in [6.07, 6.45) is 6.53. The normalized spacial score (nSPS) is 27.7. The minimum Gasteiger partial charge on any atom is -0.252 e. The predicted octanol–water partition coefficient (Wildman–Crippen LogP) is 2.36. The fraction of sp³-hybridized carbons (Fsp3) is 0.833. The van der Waals surface area contributed by atoms with Gasteiger partial charge in [0.2, 0.25) is 0 Å². The maximum atomic E-state index is 4.22. The summed E-state index contributed by atoms with van der Waals surface area (Å²) in [6, 6.07) is 0. The lowest BCUT2D eigenvalue weighted by atomic mass is 10.0. The lowest BCUT2D eigenvalue weighted by Gasteiger charge is -2.07. The van der Waals surface area contributed by atoms with Gasteiger partial charge in [-0.3, -0.25) is 4.68 Å². The minimum absolute atomic E-state index is 1.02. The standard InChI is InChI=1S/C10H15N3.C2H6/c1-13-10-5-3-8-6-7(8)2-4-9(10)11-12-13;1-2/h7-8H,2-6H2,1H3;1-2H3. The highest BCUT2D eigenvalue weighted by Crippen LogP contribution is 2.46. The Kier molecular flexibility index (Phi) is 3.08. The molecule has 1 aromatic rings. The third-order valence-corrected chi connectivity index (χ3v) is 3.60. The lowest BCUT2D eigenvalue weighted by Crippen LogP contribution is -2.04. The van der Waals surface area contributed by atoms with Crippen molar-refractivity contribution in [3.05, 3.63) is 11.4 Å². The first-order chi connectivity index (χ1) is 7.34. The van der Waals surface area contributed by atoms with E-state index in [1.165, 1.54) is 37.1 Å². The van der Waals surface area contributed by atoms with Crippen molar-refractivity contribution in [3.63, 3.8) is 0 Å². The molecule has 0 radical (unpaired) electrons. The number of hydrogen-bond donors (Lipinski definition) is 0. The molecular formula is C12H21N3. The zero-order chi connectivity index (χ0) is 10.8. The van der Waals surface area contributed by atoms with E-state index in [4.69, 9.17) is 0 Å². The molecule has 1 aromatic heterocycles. The van der Waals surface area contributed by atoms with E-state index in [1.54, 1.807) is 0 Å². The zero-order valence-corrected chi connectivity index (χ0v) is 10.0. The minimum atomic E-state index is 1.02. The van der Waals surface area contributed by atoms with Crippen LogP contribution in [-0.2, 0) is 19.9 Å². The van der Waals surface area contributed by atoms with Gasteiger partial charge >= 0.3 is 0 Å². The molecule has 2 unspecified atom stereocenters. The molecule has 3 rings (SSSR count). The van der Waals surface area contributed by atoms with Crippen LogP contribution in [0.5, 0.6) is 0 Å². The first kappa shape index (κ1) is 10.7. The average Bonchev–Trinajstić information content (AvgIpc) is 2.89.